The lowest BCUT2D eigenvalue weighted by atomic mass is 9.99. The molecule has 1 heterocycles. The molecule has 9 heteroatoms. The summed E-state index contributed by atoms with van der Waals surface area (Å²) < 4.78 is 0. The molecule has 3 aromatic rings. The molecule has 272 valence electrons. The molecule has 0 bridgehead atoms. The summed E-state index contributed by atoms with van der Waals surface area (Å²) in [6.07, 6.45) is 7.09. The number of likely N-dealkylation sites (N-methyl/N-ethyl adjacent to an activating group) is 1. The quantitative estimate of drug-likeness (QED) is 0.0906. The van der Waals surface area contributed by atoms with Gasteiger partial charge in [-0.3, -0.25) is 14.6 Å². The largest absolute Gasteiger partial charge is 0.394 e. The first-order valence-corrected chi connectivity index (χ1v) is 18.4. The Morgan fingerprint density at radius 2 is 1.65 bits per heavy atom. The number of fused-ring (bicyclic) bond motifs is 1. The Kier molecular flexibility index (Phi) is 15.0. The highest BCUT2D eigenvalue weighted by molar-refractivity contribution is 6.05. The average Bonchev–Trinajstić information content (AvgIpc) is 3.12. The van der Waals surface area contributed by atoms with Crippen molar-refractivity contribution in [2.24, 2.45) is 10.7 Å². The third kappa shape index (κ3) is 11.4. The molecular weight excluding hydrogens is 637 g/mol. The summed E-state index contributed by atoms with van der Waals surface area (Å²) in [7, 11) is 2.07. The van der Waals surface area contributed by atoms with Crippen molar-refractivity contribution in [2.75, 3.05) is 51.2 Å². The van der Waals surface area contributed by atoms with Gasteiger partial charge in [-0.05, 0) is 81.1 Å². The van der Waals surface area contributed by atoms with Crippen molar-refractivity contribution in [3.8, 4) is 0 Å². The van der Waals surface area contributed by atoms with Gasteiger partial charge in [0.15, 0.2) is 0 Å². The van der Waals surface area contributed by atoms with Crippen molar-refractivity contribution in [3.05, 3.63) is 106 Å². The lowest BCUT2D eigenvalue weighted by molar-refractivity contribution is -0.127. The second kappa shape index (κ2) is 19.6. The molecule has 1 aliphatic rings. The fourth-order valence-corrected chi connectivity index (χ4v) is 6.44. The van der Waals surface area contributed by atoms with Crippen molar-refractivity contribution in [1.82, 2.24) is 14.7 Å². The van der Waals surface area contributed by atoms with Crippen molar-refractivity contribution < 1.29 is 14.4 Å². The van der Waals surface area contributed by atoms with Crippen LogP contribution in [0.1, 0.15) is 79.1 Å². The smallest absolute Gasteiger partial charge is 0.269 e. The topological polar surface area (TPSA) is 103 Å². The number of benzene rings is 3. The Morgan fingerprint density at radius 3 is 2.33 bits per heavy atom. The number of nitrogens with zero attached hydrogens (tertiary/aromatic N) is 5. The Morgan fingerprint density at radius 1 is 0.922 bits per heavy atom. The van der Waals surface area contributed by atoms with E-state index in [0.717, 1.165) is 62.7 Å². The maximum Gasteiger partial charge on any atom is 0.269 e. The molecule has 2 N–H and O–H groups in total. The predicted molar refractivity (Wildman–Crippen MR) is 209 cm³/mol. The molecule has 0 aromatic heterocycles. The third-order valence-electron chi connectivity index (χ3n) is 9.33. The van der Waals surface area contributed by atoms with Gasteiger partial charge >= 0.3 is 0 Å². The number of carbonyl (C=O) groups excluding carboxylic acids is 3. The first-order chi connectivity index (χ1) is 24.6. The van der Waals surface area contributed by atoms with E-state index in [1.54, 1.807) is 13.0 Å². The van der Waals surface area contributed by atoms with Gasteiger partial charge in [0.25, 0.3) is 11.8 Å². The Bertz CT molecular complexity index is 1690. The molecule has 9 nitrogen and oxygen atoms in total. The summed E-state index contributed by atoms with van der Waals surface area (Å²) >= 11 is 0. The molecule has 51 heavy (non-hydrogen) atoms. The van der Waals surface area contributed by atoms with E-state index in [0.29, 0.717) is 49.7 Å². The van der Waals surface area contributed by atoms with Crippen molar-refractivity contribution in [3.63, 3.8) is 0 Å². The number of aryl methyl sites for hydroxylation is 1. The highest BCUT2D eigenvalue weighted by atomic mass is 16.2. The minimum atomic E-state index is -0.193. The summed E-state index contributed by atoms with van der Waals surface area (Å²) in [6, 6.07) is 22.3. The first-order valence-electron chi connectivity index (χ1n) is 18.4. The van der Waals surface area contributed by atoms with Crippen LogP contribution in [0.15, 0.2) is 83.5 Å². The van der Waals surface area contributed by atoms with Gasteiger partial charge in [0.05, 0.1) is 23.5 Å². The van der Waals surface area contributed by atoms with Gasteiger partial charge in [0, 0.05) is 57.2 Å². The summed E-state index contributed by atoms with van der Waals surface area (Å²) in [5.74, 6) is -0.319. The number of carbonyl (C=O) groups is 3. The zero-order valence-electron chi connectivity index (χ0n) is 31.2. The molecule has 0 unspecified atom stereocenters. The molecule has 0 radical (unpaired) electrons. The van der Waals surface area contributed by atoms with Gasteiger partial charge in [-0.25, -0.2) is 0 Å². The molecule has 1 aliphatic heterocycles. The van der Waals surface area contributed by atoms with Crippen molar-refractivity contribution in [2.45, 2.75) is 72.9 Å². The zero-order valence-corrected chi connectivity index (χ0v) is 31.2. The molecule has 0 atom stereocenters. The Hall–Kier alpha value is -4.76. The number of amides is 2. The standard InChI is InChI=1S/C42H56N6O3/c1-6-8-20-47(21-9-7-2)42(51)39(43)28-33(4)44-40-18-17-37(29-38(40)41(50)48-22-19-35-15-10-11-16-36(35)31-48)46(25-26-49)24-23-45(5)30-34-14-12-13-32(3)27-34/h10-18,26-29H,6-9,19-25,30-31,43H2,1-5H3/b39-28-,44-33?. The van der Waals surface area contributed by atoms with Crippen LogP contribution in [0.5, 0.6) is 0 Å². The maximum atomic E-state index is 14.3. The van der Waals surface area contributed by atoms with Crippen molar-refractivity contribution in [1.29, 1.82) is 0 Å². The summed E-state index contributed by atoms with van der Waals surface area (Å²) in [5, 5.41) is 0. The molecule has 0 fully saturated rings. The number of aldehydes is 1. The molecule has 3 aromatic carbocycles. The minimum absolute atomic E-state index is 0.126. The van der Waals surface area contributed by atoms with Gasteiger partial charge in [-0.2, -0.15) is 0 Å². The van der Waals surface area contributed by atoms with Crippen LogP contribution in [0.25, 0.3) is 0 Å². The van der Waals surface area contributed by atoms with E-state index in [1.165, 1.54) is 16.7 Å². The van der Waals surface area contributed by atoms with Crippen LogP contribution in [-0.2, 0) is 29.1 Å². The number of hydrogen-bond donors (Lipinski definition) is 1. The van der Waals surface area contributed by atoms with Crippen LogP contribution in [0.4, 0.5) is 11.4 Å². The highest BCUT2D eigenvalue weighted by Crippen LogP contribution is 2.29. The van der Waals surface area contributed by atoms with E-state index in [4.69, 9.17) is 10.7 Å². The van der Waals surface area contributed by atoms with E-state index in [-0.39, 0.29) is 24.1 Å². The summed E-state index contributed by atoms with van der Waals surface area (Å²) in [4.78, 5) is 52.3. The van der Waals surface area contributed by atoms with E-state index < -0.39 is 0 Å². The van der Waals surface area contributed by atoms with Crippen LogP contribution in [0.3, 0.4) is 0 Å². The second-order valence-electron chi connectivity index (χ2n) is 13.6. The van der Waals surface area contributed by atoms with Crippen LogP contribution in [-0.4, -0.2) is 84.8 Å². The Balaban J connectivity index is 1.63. The van der Waals surface area contributed by atoms with Crippen LogP contribution >= 0.6 is 0 Å². The molecule has 0 spiro atoms. The number of rotatable bonds is 18. The van der Waals surface area contributed by atoms with E-state index >= 15 is 0 Å². The normalized spacial score (nSPS) is 13.3. The van der Waals surface area contributed by atoms with Gasteiger partial charge in [0.2, 0.25) is 0 Å². The minimum Gasteiger partial charge on any atom is -0.394 e. The van der Waals surface area contributed by atoms with E-state index in [1.807, 2.05) is 45.0 Å². The SMILES string of the molecule is CCCCN(CCCC)C(=O)/C(N)=C/C(C)=Nc1ccc(N(CC=O)CCN(C)Cc2cccc(C)c2)cc1C(=O)N1CCc2ccccc2C1. The highest BCUT2D eigenvalue weighted by Gasteiger charge is 2.25. The van der Waals surface area contributed by atoms with E-state index in [9.17, 15) is 14.4 Å². The van der Waals surface area contributed by atoms with Gasteiger partial charge < -0.3 is 30.1 Å². The number of hydrogen-bond acceptors (Lipinski definition) is 7. The molecule has 0 saturated heterocycles. The van der Waals surface area contributed by atoms with Gasteiger partial charge in [0.1, 0.15) is 6.29 Å². The number of anilines is 1. The summed E-state index contributed by atoms with van der Waals surface area (Å²) in [6.45, 7) is 12.8. The number of aliphatic imine (C=N–C) groups is 1. The zero-order chi connectivity index (χ0) is 36.8. The molecule has 0 saturated carbocycles. The molecule has 2 amide bonds. The van der Waals surface area contributed by atoms with Crippen LogP contribution in [0.2, 0.25) is 0 Å². The number of nitrogens with two attached hydrogens (primary N) is 1. The fourth-order valence-electron chi connectivity index (χ4n) is 6.44. The molecule has 4 rings (SSSR count). The van der Waals surface area contributed by atoms with Crippen molar-refractivity contribution >= 4 is 35.2 Å². The third-order valence-corrected chi connectivity index (χ3v) is 9.33. The summed E-state index contributed by atoms with van der Waals surface area (Å²) in [5.41, 5.74) is 13.6. The monoisotopic (exact) mass is 692 g/mol. The van der Waals surface area contributed by atoms with Gasteiger partial charge in [-0.1, -0.05) is 80.8 Å². The van der Waals surface area contributed by atoms with Crippen LogP contribution in [0, 0.1) is 6.92 Å². The molecular formula is C42H56N6O3. The van der Waals surface area contributed by atoms with Gasteiger partial charge in [-0.15, -0.1) is 0 Å². The first kappa shape index (κ1) is 39.0. The second-order valence-corrected chi connectivity index (χ2v) is 13.6. The van der Waals surface area contributed by atoms with Crippen LogP contribution < -0.4 is 10.6 Å². The average molecular weight is 693 g/mol. The Labute approximate surface area is 304 Å². The maximum absolute atomic E-state index is 14.3. The number of allylic oxidation sites excluding steroid dienone is 1. The lowest BCUT2D eigenvalue weighted by Crippen LogP contribution is -2.37. The fraction of sp³-hybridized carbons (Fsp3) is 0.429. The van der Waals surface area contributed by atoms with E-state index in [2.05, 4.69) is 69.1 Å². The lowest BCUT2D eigenvalue weighted by Gasteiger charge is -2.30. The number of unbranched alkanes of at least 4 members (excludes halogenated alkanes) is 2. The molecule has 0 aliphatic carbocycles. The predicted octanol–water partition coefficient (Wildman–Crippen LogP) is 6.69.